The molecule has 0 saturated carbocycles. The molecule has 3 nitrogen and oxygen atoms in total. The van der Waals surface area contributed by atoms with Crippen LogP contribution in [0, 0.1) is 0 Å². The third-order valence-electron chi connectivity index (χ3n) is 2.13. The van der Waals surface area contributed by atoms with Gasteiger partial charge in [0.25, 0.3) is 0 Å². The van der Waals surface area contributed by atoms with E-state index >= 15 is 0 Å². The van der Waals surface area contributed by atoms with E-state index < -0.39 is 0 Å². The van der Waals surface area contributed by atoms with Crippen molar-refractivity contribution in [1.29, 1.82) is 0 Å². The molecule has 0 N–H and O–H groups in total. The molecular weight excluding hydrogens is 312 g/mol. The number of hydrogen-bond acceptors (Lipinski definition) is 2. The summed E-state index contributed by atoms with van der Waals surface area (Å²) in [6.45, 7) is 0.739. The second-order valence-corrected chi connectivity index (χ2v) is 5.10. The molecule has 0 spiro atoms. The molecule has 1 fully saturated rings. The Morgan fingerprint density at radius 3 is 2.79 bits per heavy atom. The van der Waals surface area contributed by atoms with Crippen molar-refractivity contribution in [2.24, 2.45) is 0 Å². The second-order valence-electron chi connectivity index (χ2n) is 3.08. The Hall–Kier alpha value is -0.420. The van der Waals surface area contributed by atoms with Crippen molar-refractivity contribution in [3.63, 3.8) is 0 Å². The average Bonchev–Trinajstić information content (AvgIpc) is 2.50. The van der Waals surface area contributed by atoms with Gasteiger partial charge >= 0.3 is 0 Å². The molecule has 5 heteroatoms. The van der Waals surface area contributed by atoms with Crippen molar-refractivity contribution in [3.8, 4) is 0 Å². The fourth-order valence-corrected chi connectivity index (χ4v) is 2.09. The fraction of sp³-hybridized carbons (Fsp3) is 0.333. The van der Waals surface area contributed by atoms with Gasteiger partial charge in [0.1, 0.15) is 5.82 Å². The van der Waals surface area contributed by atoms with Gasteiger partial charge < -0.3 is 0 Å². The van der Waals surface area contributed by atoms with Crippen LogP contribution in [0.2, 0.25) is 0 Å². The third-order valence-corrected chi connectivity index (χ3v) is 3.45. The Morgan fingerprint density at radius 1 is 1.50 bits per heavy atom. The summed E-state index contributed by atoms with van der Waals surface area (Å²) in [5.74, 6) is 0.819. The van der Waals surface area contributed by atoms with Crippen molar-refractivity contribution in [2.75, 3.05) is 11.4 Å². The minimum absolute atomic E-state index is 0.0482. The third kappa shape index (κ3) is 1.83. The Kier molecular flexibility index (Phi) is 2.88. The van der Waals surface area contributed by atoms with Crippen LogP contribution in [-0.2, 0) is 4.79 Å². The summed E-state index contributed by atoms with van der Waals surface area (Å²) >= 11 is 6.63. The first-order valence-electron chi connectivity index (χ1n) is 4.25. The van der Waals surface area contributed by atoms with E-state index in [9.17, 15) is 4.79 Å². The minimum Gasteiger partial charge on any atom is -0.296 e. The van der Waals surface area contributed by atoms with Crippen LogP contribution in [0.25, 0.3) is 0 Å². The normalized spacial score (nSPS) is 21.7. The highest BCUT2D eigenvalue weighted by atomic mass is 79.9. The van der Waals surface area contributed by atoms with Gasteiger partial charge in [0.15, 0.2) is 0 Å². The van der Waals surface area contributed by atoms with Crippen LogP contribution < -0.4 is 4.90 Å². The molecule has 2 rings (SSSR count). The van der Waals surface area contributed by atoms with Gasteiger partial charge in [-0.3, -0.25) is 9.69 Å². The van der Waals surface area contributed by atoms with Crippen molar-refractivity contribution in [3.05, 3.63) is 22.8 Å². The molecule has 1 aliphatic heterocycles. The van der Waals surface area contributed by atoms with Gasteiger partial charge in [-0.1, -0.05) is 15.9 Å². The zero-order chi connectivity index (χ0) is 10.1. The zero-order valence-electron chi connectivity index (χ0n) is 7.28. The summed E-state index contributed by atoms with van der Waals surface area (Å²) in [6, 6.07) is 3.73. The van der Waals surface area contributed by atoms with Gasteiger partial charge in [0.05, 0.1) is 4.83 Å². The maximum Gasteiger partial charge on any atom is 0.241 e. The molecule has 1 aromatic heterocycles. The molecule has 0 aromatic carbocycles. The van der Waals surface area contributed by atoms with Gasteiger partial charge in [0, 0.05) is 17.2 Å². The second kappa shape index (κ2) is 3.98. The average molecular weight is 320 g/mol. The topological polar surface area (TPSA) is 33.2 Å². The standard InChI is InChI=1S/C9H8Br2N2O/c10-6-1-2-8(12-5-6)13-4-3-7(11)9(13)14/h1-2,5,7H,3-4H2. The lowest BCUT2D eigenvalue weighted by molar-refractivity contribution is -0.116. The largest absolute Gasteiger partial charge is 0.296 e. The lowest BCUT2D eigenvalue weighted by Crippen LogP contribution is -2.27. The van der Waals surface area contributed by atoms with Crippen LogP contribution in [0.3, 0.4) is 0 Å². The maximum absolute atomic E-state index is 11.6. The molecule has 1 atom stereocenters. The van der Waals surface area contributed by atoms with Gasteiger partial charge in [-0.2, -0.15) is 0 Å². The van der Waals surface area contributed by atoms with E-state index in [1.165, 1.54) is 0 Å². The van der Waals surface area contributed by atoms with E-state index in [-0.39, 0.29) is 10.7 Å². The Morgan fingerprint density at radius 2 is 2.29 bits per heavy atom. The zero-order valence-corrected chi connectivity index (χ0v) is 10.5. The number of rotatable bonds is 1. The molecule has 0 aliphatic carbocycles. The van der Waals surface area contributed by atoms with Gasteiger partial charge in [-0.25, -0.2) is 4.98 Å². The molecule has 1 amide bonds. The van der Waals surface area contributed by atoms with Gasteiger partial charge in [0.2, 0.25) is 5.91 Å². The van der Waals surface area contributed by atoms with Crippen LogP contribution in [-0.4, -0.2) is 22.3 Å². The molecule has 2 heterocycles. The van der Waals surface area contributed by atoms with Crippen molar-refractivity contribution in [1.82, 2.24) is 4.98 Å². The van der Waals surface area contributed by atoms with Crippen LogP contribution in [0.4, 0.5) is 5.82 Å². The Labute approximate surface area is 98.8 Å². The Bertz CT molecular complexity index is 352. The number of amides is 1. The maximum atomic E-state index is 11.6. The van der Waals surface area contributed by atoms with Crippen molar-refractivity contribution >= 4 is 43.6 Å². The lowest BCUT2D eigenvalue weighted by Gasteiger charge is -2.14. The molecule has 1 unspecified atom stereocenters. The number of carbonyl (C=O) groups excluding carboxylic acids is 1. The fourth-order valence-electron chi connectivity index (χ4n) is 1.40. The van der Waals surface area contributed by atoms with E-state index in [4.69, 9.17) is 0 Å². The quantitative estimate of drug-likeness (QED) is 0.744. The van der Waals surface area contributed by atoms with Crippen LogP contribution >= 0.6 is 31.9 Å². The monoisotopic (exact) mass is 318 g/mol. The molecular formula is C9H8Br2N2O. The van der Waals surface area contributed by atoms with Gasteiger partial charge in [-0.05, 0) is 34.5 Å². The highest BCUT2D eigenvalue weighted by molar-refractivity contribution is 9.10. The summed E-state index contributed by atoms with van der Waals surface area (Å²) in [6.07, 6.45) is 2.54. The highest BCUT2D eigenvalue weighted by Gasteiger charge is 2.30. The minimum atomic E-state index is -0.0482. The summed E-state index contributed by atoms with van der Waals surface area (Å²) in [7, 11) is 0. The molecule has 74 valence electrons. The van der Waals surface area contributed by atoms with Crippen LogP contribution in [0.1, 0.15) is 6.42 Å². The van der Waals surface area contributed by atoms with E-state index in [0.717, 1.165) is 23.3 Å². The first-order chi connectivity index (χ1) is 6.68. The number of pyridine rings is 1. The SMILES string of the molecule is O=C1C(Br)CCN1c1ccc(Br)cn1. The predicted octanol–water partition coefficient (Wildman–Crippen LogP) is 2.34. The van der Waals surface area contributed by atoms with E-state index in [1.54, 1.807) is 11.1 Å². The highest BCUT2D eigenvalue weighted by Crippen LogP contribution is 2.24. The number of carbonyl (C=O) groups is 1. The number of nitrogens with zero attached hydrogens (tertiary/aromatic N) is 2. The van der Waals surface area contributed by atoms with Crippen molar-refractivity contribution < 1.29 is 4.79 Å². The first-order valence-corrected chi connectivity index (χ1v) is 5.96. The number of aromatic nitrogens is 1. The van der Waals surface area contributed by atoms with Crippen LogP contribution in [0.15, 0.2) is 22.8 Å². The predicted molar refractivity (Wildman–Crippen MR) is 61.6 cm³/mol. The molecule has 0 radical (unpaired) electrons. The Balaban J connectivity index is 2.24. The number of anilines is 1. The van der Waals surface area contributed by atoms with Gasteiger partial charge in [-0.15, -0.1) is 0 Å². The van der Waals surface area contributed by atoms with Crippen LogP contribution in [0.5, 0.6) is 0 Å². The number of hydrogen-bond donors (Lipinski definition) is 0. The summed E-state index contributed by atoms with van der Waals surface area (Å²) < 4.78 is 0.920. The number of halogens is 2. The number of alkyl halides is 1. The summed E-state index contributed by atoms with van der Waals surface area (Å²) in [5, 5.41) is 0. The van der Waals surface area contributed by atoms with E-state index in [1.807, 2.05) is 12.1 Å². The molecule has 0 bridgehead atoms. The summed E-state index contributed by atoms with van der Waals surface area (Å²) in [5.41, 5.74) is 0. The smallest absolute Gasteiger partial charge is 0.241 e. The first kappa shape index (κ1) is 10.1. The van der Waals surface area contributed by atoms with E-state index in [0.29, 0.717) is 0 Å². The molecule has 1 saturated heterocycles. The molecule has 1 aliphatic rings. The molecule has 1 aromatic rings. The van der Waals surface area contributed by atoms with E-state index in [2.05, 4.69) is 36.8 Å². The lowest BCUT2D eigenvalue weighted by atomic mass is 10.4. The molecule has 14 heavy (non-hydrogen) atoms. The summed E-state index contributed by atoms with van der Waals surface area (Å²) in [4.78, 5) is 17.5. The van der Waals surface area contributed by atoms with Crippen molar-refractivity contribution in [2.45, 2.75) is 11.2 Å².